The lowest BCUT2D eigenvalue weighted by Crippen LogP contribution is -2.33. The van der Waals surface area contributed by atoms with Crippen molar-refractivity contribution in [2.75, 3.05) is 29.2 Å². The molecule has 1 atom stereocenters. The molecule has 3 heterocycles. The number of amides is 3. The summed E-state index contributed by atoms with van der Waals surface area (Å²) in [7, 11) is 1.64. The van der Waals surface area contributed by atoms with Gasteiger partial charge in [-0.25, -0.2) is 4.98 Å². The normalized spacial score (nSPS) is 14.5. The second-order valence-electron chi connectivity index (χ2n) is 9.76. The van der Waals surface area contributed by atoms with Crippen LogP contribution in [0.1, 0.15) is 24.9 Å². The molecule has 0 saturated carbocycles. The third kappa shape index (κ3) is 4.64. The number of para-hydroxylation sites is 2. The van der Waals surface area contributed by atoms with Crippen LogP contribution in [0.2, 0.25) is 0 Å². The van der Waals surface area contributed by atoms with Gasteiger partial charge in [-0.05, 0) is 66.6 Å². The first kappa shape index (κ1) is 25.2. The third-order valence-electron chi connectivity index (χ3n) is 7.13. The fraction of sp³-hybridized carbons (Fsp3) is 0.200. The summed E-state index contributed by atoms with van der Waals surface area (Å²) in [4.78, 5) is 47.8. The molecule has 2 aromatic heterocycles. The number of rotatable bonds is 8. The van der Waals surface area contributed by atoms with Crippen molar-refractivity contribution in [1.82, 2.24) is 14.5 Å². The first-order valence-corrected chi connectivity index (χ1v) is 13.0. The zero-order chi connectivity index (χ0) is 27.8. The molecule has 40 heavy (non-hydrogen) atoms. The van der Waals surface area contributed by atoms with Crippen LogP contribution in [0.15, 0.2) is 72.9 Å². The molecule has 3 amide bonds. The van der Waals surface area contributed by atoms with Gasteiger partial charge in [0.1, 0.15) is 11.8 Å². The Bertz CT molecular complexity index is 1750. The van der Waals surface area contributed by atoms with E-state index in [-0.39, 0.29) is 24.1 Å². The molecule has 3 N–H and O–H groups in total. The average molecular weight is 537 g/mol. The summed E-state index contributed by atoms with van der Waals surface area (Å²) in [5.41, 5.74) is 4.85. The standard InChI is InChI=1S/C30H28N6O4/c1-18(37)32-20-7-9-21(10-8-20)33-28(38)16-27-29(39)35(30-34-25-5-3-4-6-26(25)36(27)30)14-13-19-17-31-24-12-11-22(40-2)15-23(19)24/h3-12,15,17,27,31H,13-14,16H2,1-2H3,(H,32,37)(H,33,38)/t27-/m0/s1. The van der Waals surface area contributed by atoms with Crippen LogP contribution in [0.4, 0.5) is 17.3 Å². The number of benzene rings is 3. The number of imidazole rings is 1. The Morgan fingerprint density at radius 1 is 1.02 bits per heavy atom. The SMILES string of the molecule is COc1ccc2[nH]cc(CCN3C(=O)[C@H](CC(=O)Nc4ccc(NC(C)=O)cc4)n4c3nc3ccccc34)c2c1. The van der Waals surface area contributed by atoms with Gasteiger partial charge in [0.25, 0.3) is 5.91 Å². The number of nitrogens with one attached hydrogen (secondary N) is 3. The monoisotopic (exact) mass is 536 g/mol. The van der Waals surface area contributed by atoms with E-state index in [9.17, 15) is 14.4 Å². The summed E-state index contributed by atoms with van der Waals surface area (Å²) in [6.45, 7) is 1.85. The molecule has 0 fully saturated rings. The van der Waals surface area contributed by atoms with Gasteiger partial charge < -0.3 is 20.4 Å². The maximum Gasteiger partial charge on any atom is 0.253 e. The highest BCUT2D eigenvalue weighted by Crippen LogP contribution is 2.37. The largest absolute Gasteiger partial charge is 0.497 e. The number of fused-ring (bicyclic) bond motifs is 4. The first-order valence-electron chi connectivity index (χ1n) is 13.0. The van der Waals surface area contributed by atoms with Crippen molar-refractivity contribution in [2.24, 2.45) is 0 Å². The van der Waals surface area contributed by atoms with Gasteiger partial charge in [-0.3, -0.25) is 23.9 Å². The molecule has 0 aliphatic carbocycles. The minimum Gasteiger partial charge on any atom is -0.497 e. The Hall–Kier alpha value is -5.12. The van der Waals surface area contributed by atoms with Gasteiger partial charge in [0, 0.05) is 41.9 Å². The molecule has 10 nitrogen and oxygen atoms in total. The smallest absolute Gasteiger partial charge is 0.253 e. The molecule has 0 spiro atoms. The number of aromatic amines is 1. The van der Waals surface area contributed by atoms with Crippen molar-refractivity contribution in [1.29, 1.82) is 0 Å². The van der Waals surface area contributed by atoms with E-state index in [1.807, 2.05) is 53.2 Å². The average Bonchev–Trinajstić information content (AvgIpc) is 3.60. The Morgan fingerprint density at radius 2 is 1.77 bits per heavy atom. The summed E-state index contributed by atoms with van der Waals surface area (Å²) in [6.07, 6.45) is 2.51. The molecule has 1 aliphatic rings. The van der Waals surface area contributed by atoms with Crippen molar-refractivity contribution in [3.8, 4) is 5.75 Å². The molecule has 0 radical (unpaired) electrons. The fourth-order valence-corrected chi connectivity index (χ4v) is 5.26. The molecule has 0 bridgehead atoms. The van der Waals surface area contributed by atoms with Gasteiger partial charge in [0.2, 0.25) is 17.8 Å². The van der Waals surface area contributed by atoms with Gasteiger partial charge in [-0.1, -0.05) is 12.1 Å². The summed E-state index contributed by atoms with van der Waals surface area (Å²) >= 11 is 0. The van der Waals surface area contributed by atoms with Crippen LogP contribution in [0.5, 0.6) is 5.75 Å². The quantitative estimate of drug-likeness (QED) is 0.267. The van der Waals surface area contributed by atoms with E-state index in [0.29, 0.717) is 30.3 Å². The van der Waals surface area contributed by atoms with Crippen LogP contribution in [-0.4, -0.2) is 45.9 Å². The second-order valence-corrected chi connectivity index (χ2v) is 9.76. The number of hydrogen-bond donors (Lipinski definition) is 3. The number of hydrogen-bond acceptors (Lipinski definition) is 5. The van der Waals surface area contributed by atoms with Crippen LogP contribution < -0.4 is 20.3 Å². The zero-order valence-electron chi connectivity index (χ0n) is 22.1. The number of anilines is 3. The molecule has 6 rings (SSSR count). The van der Waals surface area contributed by atoms with Crippen LogP contribution in [0.3, 0.4) is 0 Å². The van der Waals surface area contributed by atoms with Crippen LogP contribution >= 0.6 is 0 Å². The minimum absolute atomic E-state index is 0.0413. The summed E-state index contributed by atoms with van der Waals surface area (Å²) < 4.78 is 7.26. The topological polar surface area (TPSA) is 121 Å². The van der Waals surface area contributed by atoms with Crippen LogP contribution in [-0.2, 0) is 20.8 Å². The van der Waals surface area contributed by atoms with Gasteiger partial charge >= 0.3 is 0 Å². The maximum atomic E-state index is 13.7. The molecule has 0 saturated heterocycles. The predicted molar refractivity (Wildman–Crippen MR) is 154 cm³/mol. The Kier molecular flexibility index (Phi) is 6.43. The first-order chi connectivity index (χ1) is 19.4. The van der Waals surface area contributed by atoms with E-state index in [1.165, 1.54) is 6.92 Å². The molecular weight excluding hydrogens is 508 g/mol. The van der Waals surface area contributed by atoms with Gasteiger partial charge in [-0.15, -0.1) is 0 Å². The highest BCUT2D eigenvalue weighted by Gasteiger charge is 2.40. The van der Waals surface area contributed by atoms with Crippen molar-refractivity contribution in [3.63, 3.8) is 0 Å². The molecule has 5 aromatic rings. The summed E-state index contributed by atoms with van der Waals surface area (Å²) in [5.74, 6) is 0.680. The third-order valence-corrected chi connectivity index (χ3v) is 7.13. The van der Waals surface area contributed by atoms with Crippen molar-refractivity contribution < 1.29 is 19.1 Å². The number of carbonyl (C=O) groups is 3. The van der Waals surface area contributed by atoms with E-state index in [1.54, 1.807) is 36.3 Å². The van der Waals surface area contributed by atoms with Crippen LogP contribution in [0, 0.1) is 0 Å². The van der Waals surface area contributed by atoms with E-state index >= 15 is 0 Å². The Balaban J connectivity index is 1.23. The second kappa shape index (κ2) is 10.2. The number of carbonyl (C=O) groups excluding carboxylic acids is 3. The van der Waals surface area contributed by atoms with Gasteiger partial charge in [0.05, 0.1) is 24.6 Å². The molecule has 1 aliphatic heterocycles. The highest BCUT2D eigenvalue weighted by atomic mass is 16.5. The molecule has 3 aromatic carbocycles. The number of H-pyrrole nitrogens is 1. The highest BCUT2D eigenvalue weighted by molar-refractivity contribution is 6.05. The number of ether oxygens (including phenoxy) is 1. The van der Waals surface area contributed by atoms with Gasteiger partial charge in [-0.2, -0.15) is 0 Å². The Labute approximate surface area is 229 Å². The lowest BCUT2D eigenvalue weighted by molar-refractivity contribution is -0.124. The minimum atomic E-state index is -0.718. The van der Waals surface area contributed by atoms with E-state index in [0.717, 1.165) is 33.2 Å². The molecular formula is C30H28N6O4. The fourth-order valence-electron chi connectivity index (χ4n) is 5.26. The molecule has 202 valence electrons. The number of nitrogens with zero attached hydrogens (tertiary/aromatic N) is 3. The summed E-state index contributed by atoms with van der Waals surface area (Å²) in [6, 6.07) is 19.6. The summed E-state index contributed by atoms with van der Waals surface area (Å²) in [5, 5.41) is 6.61. The van der Waals surface area contributed by atoms with Crippen LogP contribution in [0.25, 0.3) is 21.9 Å². The van der Waals surface area contributed by atoms with E-state index in [4.69, 9.17) is 9.72 Å². The lowest BCUT2D eigenvalue weighted by atomic mass is 10.1. The molecule has 0 unspecified atom stereocenters. The number of methoxy groups -OCH3 is 1. The van der Waals surface area contributed by atoms with Crippen molar-refractivity contribution in [2.45, 2.75) is 25.8 Å². The zero-order valence-corrected chi connectivity index (χ0v) is 22.1. The lowest BCUT2D eigenvalue weighted by Gasteiger charge is -2.16. The molecule has 10 heteroatoms. The van der Waals surface area contributed by atoms with Crippen molar-refractivity contribution in [3.05, 3.63) is 78.5 Å². The van der Waals surface area contributed by atoms with E-state index in [2.05, 4.69) is 15.6 Å². The maximum absolute atomic E-state index is 13.7. The Morgan fingerprint density at radius 3 is 2.52 bits per heavy atom. The number of aromatic nitrogens is 3. The van der Waals surface area contributed by atoms with Gasteiger partial charge in [0.15, 0.2) is 0 Å². The van der Waals surface area contributed by atoms with E-state index < -0.39 is 6.04 Å². The van der Waals surface area contributed by atoms with Crippen molar-refractivity contribution >= 4 is 57.0 Å². The predicted octanol–water partition coefficient (Wildman–Crippen LogP) is 4.64.